The van der Waals surface area contributed by atoms with Gasteiger partial charge < -0.3 is 8.83 Å². The first-order valence-corrected chi connectivity index (χ1v) is 9.24. The van der Waals surface area contributed by atoms with E-state index in [9.17, 15) is 0 Å². The lowest BCUT2D eigenvalue weighted by molar-refractivity contribution is -0.542. The molecule has 0 radical (unpaired) electrons. The highest BCUT2D eigenvalue weighted by Gasteiger charge is 2.29. The largest absolute Gasteiger partial charge is 0.456 e. The molecule has 7 rings (SSSR count). The molecule has 4 heterocycles. The molecule has 2 aliphatic heterocycles. The van der Waals surface area contributed by atoms with Crippen LogP contribution in [0, 0.1) is 0 Å². The van der Waals surface area contributed by atoms with Gasteiger partial charge >= 0.3 is 5.82 Å². The van der Waals surface area contributed by atoms with Crippen LogP contribution < -0.4 is 4.57 Å². The zero-order valence-electron chi connectivity index (χ0n) is 14.7. The van der Waals surface area contributed by atoms with Crippen molar-refractivity contribution in [3.63, 3.8) is 0 Å². The highest BCUT2D eigenvalue weighted by molar-refractivity contribution is 6.22. The second-order valence-corrected chi connectivity index (χ2v) is 7.03. The summed E-state index contributed by atoms with van der Waals surface area (Å²) in [6.45, 7) is 0. The van der Waals surface area contributed by atoms with Crippen LogP contribution in [0.3, 0.4) is 0 Å². The Morgan fingerprint density at radius 3 is 1.79 bits per heavy atom. The van der Waals surface area contributed by atoms with Crippen LogP contribution in [0.25, 0.3) is 61.1 Å². The summed E-state index contributed by atoms with van der Waals surface area (Å²) in [6.07, 6.45) is 1.82. The average molecular weight is 361 g/mol. The number of hydrogen-bond acceptors (Lipinski definition) is 3. The highest BCUT2D eigenvalue weighted by Crippen LogP contribution is 2.46. The molecule has 0 bridgehead atoms. The molecule has 0 N–H and O–H groups in total. The fourth-order valence-electron chi connectivity index (χ4n) is 4.49. The van der Waals surface area contributed by atoms with Crippen molar-refractivity contribution >= 4 is 44.1 Å². The molecule has 0 unspecified atom stereocenters. The SMILES string of the molecule is c1ccc(-[n+]2c3cccc4oc5cccc6oc7cccc2c7c(c43)-c56)nc1. The molecule has 130 valence electrons. The van der Waals surface area contributed by atoms with Crippen molar-refractivity contribution in [3.8, 4) is 16.9 Å². The van der Waals surface area contributed by atoms with Gasteiger partial charge in [-0.1, -0.05) is 24.3 Å². The lowest BCUT2D eigenvalue weighted by Crippen LogP contribution is -2.34. The Bertz CT molecular complexity index is 1510. The summed E-state index contributed by atoms with van der Waals surface area (Å²) in [5.41, 5.74) is 7.75. The molecule has 0 spiro atoms. The van der Waals surface area contributed by atoms with Crippen molar-refractivity contribution < 1.29 is 13.4 Å². The van der Waals surface area contributed by atoms with Crippen LogP contribution in [-0.4, -0.2) is 4.98 Å². The van der Waals surface area contributed by atoms with E-state index < -0.39 is 0 Å². The maximum Gasteiger partial charge on any atom is 0.328 e. The van der Waals surface area contributed by atoms with E-state index >= 15 is 0 Å². The summed E-state index contributed by atoms with van der Waals surface area (Å²) in [6, 6.07) is 24.3. The lowest BCUT2D eigenvalue weighted by Gasteiger charge is -2.20. The minimum Gasteiger partial charge on any atom is -0.456 e. The van der Waals surface area contributed by atoms with E-state index in [4.69, 9.17) is 8.83 Å². The Morgan fingerprint density at radius 1 is 0.571 bits per heavy atom. The Balaban J connectivity index is 1.89. The maximum absolute atomic E-state index is 6.29. The summed E-state index contributed by atoms with van der Waals surface area (Å²) in [7, 11) is 0. The van der Waals surface area contributed by atoms with Gasteiger partial charge in [-0.05, 0) is 47.4 Å². The van der Waals surface area contributed by atoms with Crippen LogP contribution in [0.5, 0.6) is 0 Å². The van der Waals surface area contributed by atoms with Gasteiger partial charge in [-0.2, -0.15) is 4.57 Å². The van der Waals surface area contributed by atoms with Gasteiger partial charge in [-0.25, -0.2) is 0 Å². The molecular formula is C24H13N2O2+. The van der Waals surface area contributed by atoms with Crippen molar-refractivity contribution in [2.45, 2.75) is 0 Å². The van der Waals surface area contributed by atoms with Crippen molar-refractivity contribution in [1.82, 2.24) is 4.98 Å². The van der Waals surface area contributed by atoms with Crippen LogP contribution in [0.15, 0.2) is 87.8 Å². The van der Waals surface area contributed by atoms with Crippen molar-refractivity contribution in [2.24, 2.45) is 0 Å². The van der Waals surface area contributed by atoms with Gasteiger partial charge in [0, 0.05) is 11.6 Å². The van der Waals surface area contributed by atoms with Crippen LogP contribution in [0.2, 0.25) is 0 Å². The zero-order valence-corrected chi connectivity index (χ0v) is 14.7. The molecule has 2 aromatic heterocycles. The maximum atomic E-state index is 6.29. The second kappa shape index (κ2) is 4.87. The molecule has 0 amide bonds. The second-order valence-electron chi connectivity index (χ2n) is 7.03. The highest BCUT2D eigenvalue weighted by atomic mass is 16.3. The van der Waals surface area contributed by atoms with Crippen LogP contribution in [-0.2, 0) is 0 Å². The minimum atomic E-state index is 0.837. The summed E-state index contributed by atoms with van der Waals surface area (Å²) in [5, 5.41) is 2.19. The van der Waals surface area contributed by atoms with E-state index in [0.717, 1.165) is 55.5 Å². The Kier molecular flexibility index (Phi) is 2.46. The van der Waals surface area contributed by atoms with Crippen LogP contribution >= 0.6 is 0 Å². The zero-order chi connectivity index (χ0) is 18.2. The normalized spacial score (nSPS) is 12.3. The molecule has 0 aliphatic carbocycles. The number of aromatic nitrogens is 2. The number of rotatable bonds is 1. The fourth-order valence-corrected chi connectivity index (χ4v) is 4.49. The van der Waals surface area contributed by atoms with Crippen molar-refractivity contribution in [1.29, 1.82) is 0 Å². The third-order valence-electron chi connectivity index (χ3n) is 5.55. The van der Waals surface area contributed by atoms with E-state index in [-0.39, 0.29) is 0 Å². The van der Waals surface area contributed by atoms with E-state index in [2.05, 4.69) is 21.7 Å². The fraction of sp³-hybridized carbons (Fsp3) is 0. The summed E-state index contributed by atoms with van der Waals surface area (Å²) >= 11 is 0. The molecule has 5 aromatic rings. The summed E-state index contributed by atoms with van der Waals surface area (Å²) in [5.74, 6) is 0.869. The average Bonchev–Trinajstić information content (AvgIpc) is 2.75. The third-order valence-corrected chi connectivity index (χ3v) is 5.55. The number of pyridine rings is 2. The van der Waals surface area contributed by atoms with Gasteiger partial charge in [0.05, 0.1) is 16.3 Å². The summed E-state index contributed by atoms with van der Waals surface area (Å²) < 4.78 is 14.8. The first kappa shape index (κ1) is 14.2. The van der Waals surface area contributed by atoms with Gasteiger partial charge in [-0.15, -0.1) is 0 Å². The molecule has 28 heavy (non-hydrogen) atoms. The van der Waals surface area contributed by atoms with Gasteiger partial charge in [0.15, 0.2) is 0 Å². The molecule has 0 saturated heterocycles. The van der Waals surface area contributed by atoms with Gasteiger partial charge in [0.25, 0.3) is 0 Å². The van der Waals surface area contributed by atoms with Crippen LogP contribution in [0.4, 0.5) is 0 Å². The number of nitrogens with zero attached hydrogens (tertiary/aromatic N) is 2. The Morgan fingerprint density at radius 2 is 1.18 bits per heavy atom. The third kappa shape index (κ3) is 1.61. The van der Waals surface area contributed by atoms with Crippen molar-refractivity contribution in [3.05, 3.63) is 79.0 Å². The lowest BCUT2D eigenvalue weighted by atomic mass is 9.92. The monoisotopic (exact) mass is 361 g/mol. The van der Waals surface area contributed by atoms with E-state index in [1.165, 1.54) is 5.56 Å². The van der Waals surface area contributed by atoms with Gasteiger partial charge in [0.1, 0.15) is 39.6 Å². The molecule has 2 aliphatic rings. The Labute approximate surface area is 158 Å². The molecule has 4 heteroatoms. The molecule has 3 aromatic carbocycles. The standard InChI is InChI=1S/C24H13N2O2/c1-2-13-25-20(12-1)26-14-6-3-8-16-21(14)24-22-15(26)7-4-9-17(22)28-19-11-5-10-18(27-16)23(19)24/h1-13H/q+1. The quantitative estimate of drug-likeness (QED) is 0.214. The molecule has 4 nitrogen and oxygen atoms in total. The predicted molar refractivity (Wildman–Crippen MR) is 108 cm³/mol. The molecule has 0 atom stereocenters. The van der Waals surface area contributed by atoms with E-state index in [1.54, 1.807) is 0 Å². The number of hydrogen-bond donors (Lipinski definition) is 0. The molecule has 0 fully saturated rings. The van der Waals surface area contributed by atoms with E-state index in [0.29, 0.717) is 0 Å². The van der Waals surface area contributed by atoms with Crippen LogP contribution in [0.1, 0.15) is 0 Å². The first-order chi connectivity index (χ1) is 13.9. The topological polar surface area (TPSA) is 43.0 Å². The smallest absolute Gasteiger partial charge is 0.328 e. The van der Waals surface area contributed by atoms with Gasteiger partial charge in [0.2, 0.25) is 0 Å². The van der Waals surface area contributed by atoms with Gasteiger partial charge in [-0.3, -0.25) is 0 Å². The Hall–Kier alpha value is -3.92. The first-order valence-electron chi connectivity index (χ1n) is 9.24. The molecule has 0 saturated carbocycles. The summed E-state index contributed by atoms with van der Waals surface area (Å²) in [4.78, 5) is 4.62. The minimum absolute atomic E-state index is 0.837. The molecular weight excluding hydrogens is 348 g/mol. The number of benzene rings is 3. The van der Waals surface area contributed by atoms with E-state index in [1.807, 2.05) is 66.9 Å². The van der Waals surface area contributed by atoms with Crippen molar-refractivity contribution in [2.75, 3.05) is 0 Å². The predicted octanol–water partition coefficient (Wildman–Crippen LogP) is 5.70.